The van der Waals surface area contributed by atoms with E-state index < -0.39 is 159 Å². The Labute approximate surface area is 438 Å². The predicted octanol–water partition coefficient (Wildman–Crippen LogP) is -1.36. The van der Waals surface area contributed by atoms with Crippen molar-refractivity contribution >= 4 is 6.29 Å². The molecule has 4 aliphatic heterocycles. The highest BCUT2D eigenvalue weighted by molar-refractivity contribution is 5.62. The summed E-state index contributed by atoms with van der Waals surface area (Å²) >= 11 is 0. The van der Waals surface area contributed by atoms with E-state index in [0.29, 0.717) is 44.9 Å². The number of ether oxygens (including phenoxy) is 8. The molecule has 0 aromatic carbocycles. The Bertz CT molecular complexity index is 1960. The lowest BCUT2D eigenvalue weighted by Crippen LogP contribution is -2.67. The van der Waals surface area contributed by atoms with Crippen molar-refractivity contribution < 1.29 is 109 Å². The van der Waals surface area contributed by atoms with Gasteiger partial charge in [-0.2, -0.15) is 0 Å². The average molecular weight is 1080 g/mol. The quantitative estimate of drug-likeness (QED) is 0.0483. The molecule has 22 heteroatoms. The van der Waals surface area contributed by atoms with Gasteiger partial charge in [-0.25, -0.2) is 0 Å². The number of carbonyl (C=O) groups excluding carboxylic acids is 1. The van der Waals surface area contributed by atoms with Crippen molar-refractivity contribution in [1.29, 1.82) is 0 Å². The molecule has 75 heavy (non-hydrogen) atoms. The minimum atomic E-state index is -1.86. The van der Waals surface area contributed by atoms with Gasteiger partial charge in [-0.1, -0.05) is 39.3 Å². The van der Waals surface area contributed by atoms with Crippen molar-refractivity contribution in [2.24, 2.45) is 45.3 Å². The van der Waals surface area contributed by atoms with Gasteiger partial charge >= 0.3 is 0 Å². The highest BCUT2D eigenvalue weighted by atomic mass is 16.8. The van der Waals surface area contributed by atoms with Gasteiger partial charge in [0.15, 0.2) is 25.2 Å². The van der Waals surface area contributed by atoms with Crippen molar-refractivity contribution in [2.75, 3.05) is 26.4 Å². The second-order valence-electron chi connectivity index (χ2n) is 24.8. The maximum Gasteiger partial charge on any atom is 0.187 e. The standard InChI is InChI=1S/C53H88O22/c1-24(2)9-8-15-53(67,23-69-45-40(64)38(62)35(59)29(19-54)71-45)27-12-16-50(6)26(27)10-11-32-51(50,7)17-13-31-49(4,5)33(14-18-52(31,32)22-56)73-48-44(75-46-41(65)37(61)34(58)25(3)70-46)43(28(57)21-68-48)74-47-42(66)39(63)36(60)30(20-55)72-47/h9,22,25-48,54-55,57-67H,8,10-21,23H2,1-7H3/t25-,26+,27-,28-,29+,30+,31-,32-,33-,34-,35+,36+,37+,38-,39-,40+,41+,42+,43-,44+,45+,46-,47-,48-,50+,51+,52+,53+/m0/s1. The van der Waals surface area contributed by atoms with Crippen molar-refractivity contribution in [3.63, 3.8) is 0 Å². The molecule has 13 N–H and O–H groups in total. The van der Waals surface area contributed by atoms with Crippen LogP contribution in [0.2, 0.25) is 0 Å². The molecule has 0 amide bonds. The fourth-order valence-electron chi connectivity index (χ4n) is 15.7. The molecule has 4 heterocycles. The maximum absolute atomic E-state index is 14.2. The van der Waals surface area contributed by atoms with Gasteiger partial charge < -0.3 is 109 Å². The van der Waals surface area contributed by atoms with Crippen LogP contribution in [0.25, 0.3) is 0 Å². The van der Waals surface area contributed by atoms with E-state index in [9.17, 15) is 71.2 Å². The van der Waals surface area contributed by atoms with Gasteiger partial charge in [0.1, 0.15) is 91.7 Å². The molecular weight excluding hydrogens is 989 g/mol. The number of aldehydes is 1. The van der Waals surface area contributed by atoms with Crippen LogP contribution in [0, 0.1) is 45.3 Å². The molecule has 0 unspecified atom stereocenters. The highest BCUT2D eigenvalue weighted by Gasteiger charge is 2.71. The summed E-state index contributed by atoms with van der Waals surface area (Å²) in [6, 6.07) is 0. The summed E-state index contributed by atoms with van der Waals surface area (Å²) in [5.74, 6) is -0.460. The normalized spacial score (nSPS) is 51.7. The Balaban J connectivity index is 1.03. The molecule has 4 saturated heterocycles. The van der Waals surface area contributed by atoms with E-state index >= 15 is 0 Å². The Morgan fingerprint density at radius 3 is 1.81 bits per heavy atom. The van der Waals surface area contributed by atoms with Gasteiger partial charge in [-0.15, -0.1) is 0 Å². The van der Waals surface area contributed by atoms with E-state index in [2.05, 4.69) is 33.8 Å². The van der Waals surface area contributed by atoms with E-state index in [-0.39, 0.29) is 41.1 Å². The number of allylic oxidation sites excluding steroid dienone is 2. The molecule has 0 spiro atoms. The van der Waals surface area contributed by atoms with Crippen molar-refractivity contribution in [2.45, 2.75) is 241 Å². The third kappa shape index (κ3) is 10.5. The molecule has 0 aromatic heterocycles. The Kier molecular flexibility index (Phi) is 18.2. The van der Waals surface area contributed by atoms with Crippen LogP contribution in [0.15, 0.2) is 11.6 Å². The maximum atomic E-state index is 14.2. The van der Waals surface area contributed by atoms with Crippen LogP contribution in [0.1, 0.15) is 113 Å². The van der Waals surface area contributed by atoms with Crippen molar-refractivity contribution in [3.8, 4) is 0 Å². The molecule has 4 aliphatic carbocycles. The molecule has 22 nitrogen and oxygen atoms in total. The summed E-state index contributed by atoms with van der Waals surface area (Å²) in [5.41, 5.74) is -2.48. The summed E-state index contributed by atoms with van der Waals surface area (Å²) in [6.07, 6.45) is -20.7. The van der Waals surface area contributed by atoms with E-state index in [1.807, 2.05) is 13.8 Å². The molecule has 28 atom stereocenters. The summed E-state index contributed by atoms with van der Waals surface area (Å²) < 4.78 is 48.9. The molecule has 8 aliphatic rings. The van der Waals surface area contributed by atoms with Gasteiger partial charge in [0.2, 0.25) is 0 Å². The summed E-state index contributed by atoms with van der Waals surface area (Å²) in [4.78, 5) is 14.2. The number of hydrogen-bond donors (Lipinski definition) is 13. The molecule has 8 fully saturated rings. The van der Waals surface area contributed by atoms with Crippen LogP contribution in [0.5, 0.6) is 0 Å². The first kappa shape index (κ1) is 59.7. The fourth-order valence-corrected chi connectivity index (χ4v) is 15.7. The molecule has 0 radical (unpaired) electrons. The molecule has 8 rings (SSSR count). The van der Waals surface area contributed by atoms with Gasteiger partial charge in [0.25, 0.3) is 0 Å². The molecule has 0 aromatic rings. The zero-order valence-electron chi connectivity index (χ0n) is 44.4. The SMILES string of the molecule is CC(C)=CCC[C@@](O)(CO[C@@H]1O[C@H](CO)[C@@H](O)[C@H](O)[C@H]1O)[C@H]1CC[C@]2(C)[C@@H]1CC[C@@H]1[C@@]3(C=O)CC[C@H](O[C@@H]4OC[C@H](O)[C@H](O[C@@H]5O[C@H](CO)[C@@H](O)[C@H](O)[C@H]5O)[C@H]4O[C@@H]4O[C@@H](C)[C@H](O)[C@@H](O)[C@H]4O)C(C)(C)[C@@H]3CC[C@]12C. The molecule has 0 bridgehead atoms. The van der Waals surface area contributed by atoms with Crippen LogP contribution < -0.4 is 0 Å². The first-order valence-corrected chi connectivity index (χ1v) is 27.3. The number of hydrogen-bond acceptors (Lipinski definition) is 22. The number of carbonyl (C=O) groups is 1. The van der Waals surface area contributed by atoms with E-state index in [4.69, 9.17) is 37.9 Å². The van der Waals surface area contributed by atoms with Crippen LogP contribution in [0.3, 0.4) is 0 Å². The molecule has 4 saturated carbocycles. The minimum absolute atomic E-state index is 0.0229. The third-order valence-corrected chi connectivity index (χ3v) is 20.3. The minimum Gasteiger partial charge on any atom is -0.394 e. The van der Waals surface area contributed by atoms with Gasteiger partial charge in [0.05, 0.1) is 44.2 Å². The second-order valence-corrected chi connectivity index (χ2v) is 24.8. The summed E-state index contributed by atoms with van der Waals surface area (Å²) in [6.45, 7) is 12.2. The number of aliphatic hydroxyl groups is 13. The van der Waals surface area contributed by atoms with Crippen LogP contribution in [0.4, 0.5) is 0 Å². The topological polar surface area (TPSA) is 354 Å². The molecule has 432 valence electrons. The largest absolute Gasteiger partial charge is 0.394 e. The first-order chi connectivity index (χ1) is 35.2. The number of fused-ring (bicyclic) bond motifs is 5. The lowest BCUT2D eigenvalue weighted by molar-refractivity contribution is -0.388. The van der Waals surface area contributed by atoms with Gasteiger partial charge in [0, 0.05) is 5.41 Å². The average Bonchev–Trinajstić information content (AvgIpc) is 3.75. The van der Waals surface area contributed by atoms with Crippen LogP contribution in [-0.2, 0) is 42.7 Å². The van der Waals surface area contributed by atoms with Gasteiger partial charge in [-0.05, 0) is 125 Å². The Morgan fingerprint density at radius 1 is 0.627 bits per heavy atom. The lowest BCUT2D eigenvalue weighted by Gasteiger charge is -2.69. The van der Waals surface area contributed by atoms with Crippen molar-refractivity contribution in [1.82, 2.24) is 0 Å². The zero-order valence-corrected chi connectivity index (χ0v) is 44.4. The second kappa shape index (κ2) is 22.8. The van der Waals surface area contributed by atoms with Crippen LogP contribution >= 0.6 is 0 Å². The Morgan fingerprint density at radius 2 is 1.20 bits per heavy atom. The molecular formula is C53H88O22. The van der Waals surface area contributed by atoms with E-state index in [0.717, 1.165) is 24.8 Å². The number of rotatable bonds is 16. The van der Waals surface area contributed by atoms with Crippen molar-refractivity contribution in [3.05, 3.63) is 11.6 Å². The lowest BCUT2D eigenvalue weighted by atomic mass is 9.35. The first-order valence-electron chi connectivity index (χ1n) is 27.3. The third-order valence-electron chi connectivity index (χ3n) is 20.3. The predicted molar refractivity (Wildman–Crippen MR) is 259 cm³/mol. The van der Waals surface area contributed by atoms with Gasteiger partial charge in [-0.3, -0.25) is 0 Å². The van der Waals surface area contributed by atoms with E-state index in [1.54, 1.807) is 0 Å². The van der Waals surface area contributed by atoms with E-state index in [1.165, 1.54) is 13.2 Å². The Hall–Kier alpha value is -1.43. The summed E-state index contributed by atoms with van der Waals surface area (Å²) in [7, 11) is 0. The highest BCUT2D eigenvalue weighted by Crippen LogP contribution is 2.76. The summed E-state index contributed by atoms with van der Waals surface area (Å²) in [5, 5.41) is 140. The monoisotopic (exact) mass is 1080 g/mol. The van der Waals surface area contributed by atoms with Crippen LogP contribution in [-0.4, -0.2) is 228 Å². The smallest absolute Gasteiger partial charge is 0.187 e. The zero-order chi connectivity index (χ0) is 54.9. The number of aliphatic hydroxyl groups excluding tert-OH is 12. The fraction of sp³-hybridized carbons (Fsp3) is 0.943.